The fourth-order valence-electron chi connectivity index (χ4n) is 3.75. The number of fused-ring (bicyclic) bond motifs is 1. The van der Waals surface area contributed by atoms with Crippen LogP contribution < -0.4 is 10.2 Å². The molecule has 1 fully saturated rings. The topological polar surface area (TPSA) is 48.5 Å². The summed E-state index contributed by atoms with van der Waals surface area (Å²) in [5.74, 6) is -0.0974. The molecule has 1 aromatic heterocycles. The summed E-state index contributed by atoms with van der Waals surface area (Å²) < 4.78 is 1.27. The van der Waals surface area contributed by atoms with Crippen molar-refractivity contribution in [2.75, 3.05) is 44.2 Å². The lowest BCUT2D eigenvalue weighted by atomic mass is 10.1. The second kappa shape index (κ2) is 10.3. The molecule has 5 nitrogen and oxygen atoms in total. The average Bonchev–Trinajstić information content (AvgIpc) is 3.23. The van der Waals surface area contributed by atoms with Crippen LogP contribution in [-0.4, -0.2) is 55.1 Å². The van der Waals surface area contributed by atoms with Gasteiger partial charge in [0.05, 0.1) is 10.2 Å². The predicted octanol–water partition coefficient (Wildman–Crippen LogP) is 4.46. The maximum atomic E-state index is 12.1. The number of carbonyl (C=O) groups excluding carboxylic acids is 1. The van der Waals surface area contributed by atoms with Gasteiger partial charge in [0.15, 0.2) is 5.13 Å². The number of halogens is 1. The molecule has 0 radical (unpaired) electrons. The highest BCUT2D eigenvalue weighted by Gasteiger charge is 2.20. The quantitative estimate of drug-likeness (QED) is 0.535. The lowest BCUT2D eigenvalue weighted by Gasteiger charge is -2.34. The van der Waals surface area contributed by atoms with Gasteiger partial charge in [0, 0.05) is 50.4 Å². The van der Waals surface area contributed by atoms with E-state index in [1.54, 1.807) is 17.4 Å². The number of hydrogen-bond acceptors (Lipinski definition) is 5. The number of benzene rings is 2. The Balaban J connectivity index is 1.23. The molecule has 31 heavy (non-hydrogen) atoms. The summed E-state index contributed by atoms with van der Waals surface area (Å²) in [7, 11) is 0. The number of hydrogen-bond donors (Lipinski definition) is 1. The minimum Gasteiger partial charge on any atom is -0.351 e. The van der Waals surface area contributed by atoms with E-state index in [2.05, 4.69) is 40.2 Å². The molecule has 1 aliphatic heterocycles. The van der Waals surface area contributed by atoms with Crippen LogP contribution in [0.4, 0.5) is 5.13 Å². The molecule has 1 aliphatic rings. The van der Waals surface area contributed by atoms with Crippen molar-refractivity contribution in [2.24, 2.45) is 0 Å². The van der Waals surface area contributed by atoms with Crippen molar-refractivity contribution >= 4 is 50.3 Å². The van der Waals surface area contributed by atoms with Gasteiger partial charge in [-0.1, -0.05) is 60.2 Å². The van der Waals surface area contributed by atoms with Crippen LogP contribution in [0.2, 0.25) is 5.02 Å². The van der Waals surface area contributed by atoms with Crippen molar-refractivity contribution in [1.29, 1.82) is 0 Å². The molecule has 2 aromatic carbocycles. The molecule has 2 heterocycles. The predicted molar refractivity (Wildman–Crippen MR) is 131 cm³/mol. The molecule has 162 valence electrons. The van der Waals surface area contributed by atoms with Gasteiger partial charge < -0.3 is 10.2 Å². The summed E-state index contributed by atoms with van der Waals surface area (Å²) in [4.78, 5) is 21.8. The Labute approximate surface area is 192 Å². The number of aromatic nitrogens is 1. The second-order valence-electron chi connectivity index (χ2n) is 7.59. The summed E-state index contributed by atoms with van der Waals surface area (Å²) in [5.41, 5.74) is 3.31. The number of nitrogens with one attached hydrogen (secondary N) is 1. The summed E-state index contributed by atoms with van der Waals surface area (Å²) in [5, 5.41) is 4.72. The van der Waals surface area contributed by atoms with E-state index >= 15 is 0 Å². The van der Waals surface area contributed by atoms with Crippen LogP contribution in [0.15, 0.2) is 48.5 Å². The van der Waals surface area contributed by atoms with E-state index in [4.69, 9.17) is 16.6 Å². The van der Waals surface area contributed by atoms with Crippen molar-refractivity contribution < 1.29 is 4.79 Å². The van der Waals surface area contributed by atoms with Crippen LogP contribution in [0.3, 0.4) is 0 Å². The number of anilines is 1. The standard InChI is InChI=1S/C24H27ClN4OS/c1-2-18-7-5-9-21-23(18)27-24(31-21)29-16-14-28(15-17-29)13-12-26-22(30)11-10-19-6-3-4-8-20(19)25/h3-11H,2,12-17H2,1H3,(H,26,30)/b11-10+. The van der Waals surface area contributed by atoms with Crippen LogP contribution in [0.5, 0.6) is 0 Å². The average molecular weight is 455 g/mol. The molecule has 0 bridgehead atoms. The van der Waals surface area contributed by atoms with Crippen molar-refractivity contribution in [1.82, 2.24) is 15.2 Å². The molecule has 4 rings (SSSR count). The number of rotatable bonds is 7. The normalized spacial score (nSPS) is 15.1. The van der Waals surface area contributed by atoms with Gasteiger partial charge >= 0.3 is 0 Å². The van der Waals surface area contributed by atoms with Crippen LogP contribution in [-0.2, 0) is 11.2 Å². The number of thiazole rings is 1. The first kappa shape index (κ1) is 21.8. The molecule has 1 saturated heterocycles. The molecule has 0 aliphatic carbocycles. The molecular weight excluding hydrogens is 428 g/mol. The lowest BCUT2D eigenvalue weighted by Crippen LogP contribution is -2.48. The van der Waals surface area contributed by atoms with E-state index in [0.717, 1.165) is 55.4 Å². The van der Waals surface area contributed by atoms with Gasteiger partial charge in [-0.3, -0.25) is 9.69 Å². The number of piperazine rings is 1. The summed E-state index contributed by atoms with van der Waals surface area (Å²) in [6, 6.07) is 13.9. The van der Waals surface area contributed by atoms with E-state index in [9.17, 15) is 4.79 Å². The van der Waals surface area contributed by atoms with E-state index < -0.39 is 0 Å². The molecule has 0 unspecified atom stereocenters. The first-order valence-electron chi connectivity index (χ1n) is 10.7. The Morgan fingerprint density at radius 1 is 1.16 bits per heavy atom. The van der Waals surface area contributed by atoms with Crippen LogP contribution in [0, 0.1) is 0 Å². The Morgan fingerprint density at radius 2 is 1.97 bits per heavy atom. The van der Waals surface area contributed by atoms with E-state index in [-0.39, 0.29) is 5.91 Å². The van der Waals surface area contributed by atoms with Crippen molar-refractivity contribution in [3.05, 3.63) is 64.7 Å². The van der Waals surface area contributed by atoms with Crippen molar-refractivity contribution in [3.63, 3.8) is 0 Å². The van der Waals surface area contributed by atoms with Gasteiger partial charge in [-0.05, 0) is 35.8 Å². The number of carbonyl (C=O) groups is 1. The highest BCUT2D eigenvalue weighted by Crippen LogP contribution is 2.31. The first-order chi connectivity index (χ1) is 15.1. The van der Waals surface area contributed by atoms with Crippen LogP contribution in [0.1, 0.15) is 18.1 Å². The Morgan fingerprint density at radius 3 is 2.74 bits per heavy atom. The zero-order valence-electron chi connectivity index (χ0n) is 17.7. The molecule has 1 amide bonds. The maximum Gasteiger partial charge on any atom is 0.244 e. The van der Waals surface area contributed by atoms with Gasteiger partial charge in [0.1, 0.15) is 0 Å². The van der Waals surface area contributed by atoms with Crippen molar-refractivity contribution in [2.45, 2.75) is 13.3 Å². The number of para-hydroxylation sites is 1. The van der Waals surface area contributed by atoms with Gasteiger partial charge in [0.2, 0.25) is 5.91 Å². The summed E-state index contributed by atoms with van der Waals surface area (Å²) in [6.07, 6.45) is 4.29. The minimum atomic E-state index is -0.0974. The third-order valence-corrected chi connectivity index (χ3v) is 6.99. The van der Waals surface area contributed by atoms with Crippen molar-refractivity contribution in [3.8, 4) is 0 Å². The zero-order chi connectivity index (χ0) is 21.6. The van der Waals surface area contributed by atoms with Gasteiger partial charge in [0.25, 0.3) is 0 Å². The molecule has 0 saturated carbocycles. The maximum absolute atomic E-state index is 12.1. The summed E-state index contributed by atoms with van der Waals surface area (Å²) >= 11 is 7.89. The molecular formula is C24H27ClN4OS. The molecule has 0 spiro atoms. The number of amides is 1. The largest absolute Gasteiger partial charge is 0.351 e. The zero-order valence-corrected chi connectivity index (χ0v) is 19.3. The monoisotopic (exact) mass is 454 g/mol. The number of nitrogens with zero attached hydrogens (tertiary/aromatic N) is 3. The van der Waals surface area contributed by atoms with Gasteiger partial charge in [-0.25, -0.2) is 4.98 Å². The van der Waals surface area contributed by atoms with Crippen LogP contribution in [0.25, 0.3) is 16.3 Å². The van der Waals surface area contributed by atoms with E-state index in [1.165, 1.54) is 16.3 Å². The highest BCUT2D eigenvalue weighted by atomic mass is 35.5. The second-order valence-corrected chi connectivity index (χ2v) is 9.00. The highest BCUT2D eigenvalue weighted by molar-refractivity contribution is 7.22. The Bertz CT molecular complexity index is 1070. The molecule has 0 atom stereocenters. The van der Waals surface area contributed by atoms with E-state index in [1.807, 2.05) is 24.3 Å². The van der Waals surface area contributed by atoms with Gasteiger partial charge in [-0.15, -0.1) is 0 Å². The molecule has 1 N–H and O–H groups in total. The molecule has 3 aromatic rings. The third kappa shape index (κ3) is 5.45. The fraction of sp³-hybridized carbons (Fsp3) is 0.333. The minimum absolute atomic E-state index is 0.0974. The summed E-state index contributed by atoms with van der Waals surface area (Å²) in [6.45, 7) is 7.52. The number of aryl methyl sites for hydroxylation is 1. The SMILES string of the molecule is CCc1cccc2sc(N3CCN(CCNC(=O)/C=C/c4ccccc4Cl)CC3)nc12. The Hall–Kier alpha value is -2.41. The van der Waals surface area contributed by atoms with Gasteiger partial charge in [-0.2, -0.15) is 0 Å². The van der Waals surface area contributed by atoms with E-state index in [0.29, 0.717) is 11.6 Å². The third-order valence-electron chi connectivity index (χ3n) is 5.56. The smallest absolute Gasteiger partial charge is 0.244 e. The fourth-order valence-corrected chi connectivity index (χ4v) is 5.01. The molecule has 7 heteroatoms. The first-order valence-corrected chi connectivity index (χ1v) is 11.9. The van der Waals surface area contributed by atoms with Crippen LogP contribution >= 0.6 is 22.9 Å². The lowest BCUT2D eigenvalue weighted by molar-refractivity contribution is -0.116. The Kier molecular flexibility index (Phi) is 7.22.